The summed E-state index contributed by atoms with van der Waals surface area (Å²) in [5, 5.41) is 0. The lowest BCUT2D eigenvalue weighted by atomic mass is 9.94. The van der Waals surface area contributed by atoms with Crippen molar-refractivity contribution >= 4 is 0 Å². The number of pyridine rings is 1. The van der Waals surface area contributed by atoms with Gasteiger partial charge in [-0.2, -0.15) is 0 Å². The molecule has 0 fully saturated rings. The molecule has 94 valence electrons. The largest absolute Gasteiger partial charge is 0.326 e. The topological polar surface area (TPSA) is 62.1 Å². The molecule has 0 atom stereocenters. The van der Waals surface area contributed by atoms with Crippen molar-refractivity contribution in [2.24, 2.45) is 5.73 Å². The second-order valence-electron chi connectivity index (χ2n) is 4.75. The monoisotopic (exact) mass is 235 g/mol. The molecule has 0 spiro atoms. The summed E-state index contributed by atoms with van der Waals surface area (Å²) >= 11 is 0. The van der Waals surface area contributed by atoms with E-state index < -0.39 is 0 Å². The summed E-state index contributed by atoms with van der Waals surface area (Å²) in [5.41, 5.74) is 9.94. The molecule has 1 aliphatic rings. The van der Waals surface area contributed by atoms with E-state index in [1.165, 1.54) is 17.5 Å². The molecule has 0 radical (unpaired) electrons. The van der Waals surface area contributed by atoms with Gasteiger partial charge in [0, 0.05) is 30.9 Å². The zero-order chi connectivity index (χ0) is 12.4. The lowest BCUT2D eigenvalue weighted by Crippen LogP contribution is -2.35. The second kappa shape index (κ2) is 5.02. The Morgan fingerprint density at radius 3 is 2.82 bits per heavy atom. The molecule has 0 aliphatic carbocycles. The summed E-state index contributed by atoms with van der Waals surface area (Å²) < 4.78 is 0. The van der Waals surface area contributed by atoms with Gasteiger partial charge in [0.15, 0.2) is 0 Å². The number of nitrogens with two attached hydrogens (primary N) is 1. The zero-order valence-electron chi connectivity index (χ0n) is 10.7. The van der Waals surface area contributed by atoms with Crippen molar-refractivity contribution in [3.8, 4) is 0 Å². The van der Waals surface area contributed by atoms with Gasteiger partial charge in [-0.3, -0.25) is 9.69 Å². The van der Waals surface area contributed by atoms with Crippen LogP contribution in [0.5, 0.6) is 0 Å². The first kappa shape index (κ1) is 12.3. The number of hydrogen-bond acceptors (Lipinski definition) is 3. The first-order valence-electron chi connectivity index (χ1n) is 6.33. The maximum atomic E-state index is 11.8. The highest BCUT2D eigenvalue weighted by atomic mass is 16.1. The van der Waals surface area contributed by atoms with E-state index in [0.29, 0.717) is 6.54 Å². The highest BCUT2D eigenvalue weighted by Crippen LogP contribution is 2.22. The van der Waals surface area contributed by atoms with Crippen LogP contribution < -0.4 is 11.3 Å². The predicted octanol–water partition coefficient (Wildman–Crippen LogP) is 0.910. The quantitative estimate of drug-likeness (QED) is 0.818. The first-order chi connectivity index (χ1) is 8.17. The van der Waals surface area contributed by atoms with Crippen LogP contribution in [0.2, 0.25) is 0 Å². The van der Waals surface area contributed by atoms with E-state index >= 15 is 0 Å². The molecule has 1 aliphatic heterocycles. The predicted molar refractivity (Wildman–Crippen MR) is 69.0 cm³/mol. The maximum Gasteiger partial charge on any atom is 0.252 e. The van der Waals surface area contributed by atoms with Crippen LogP contribution in [-0.4, -0.2) is 23.0 Å². The van der Waals surface area contributed by atoms with Crippen molar-refractivity contribution in [3.05, 3.63) is 32.7 Å². The maximum absolute atomic E-state index is 11.8. The van der Waals surface area contributed by atoms with E-state index in [9.17, 15) is 4.79 Å². The number of aromatic amines is 1. The zero-order valence-corrected chi connectivity index (χ0v) is 10.7. The molecule has 3 N–H and O–H groups in total. The summed E-state index contributed by atoms with van der Waals surface area (Å²) in [6.07, 6.45) is 2.12. The molecule has 0 aromatic carbocycles. The summed E-state index contributed by atoms with van der Waals surface area (Å²) in [7, 11) is 0. The van der Waals surface area contributed by atoms with Gasteiger partial charge in [0.25, 0.3) is 5.56 Å². The van der Waals surface area contributed by atoms with Gasteiger partial charge in [-0.05, 0) is 37.4 Å². The van der Waals surface area contributed by atoms with E-state index in [-0.39, 0.29) is 5.56 Å². The van der Waals surface area contributed by atoms with Crippen molar-refractivity contribution < 1.29 is 0 Å². The number of rotatable bonds is 3. The fourth-order valence-corrected chi connectivity index (χ4v) is 2.68. The van der Waals surface area contributed by atoms with Crippen LogP contribution in [-0.2, 0) is 19.5 Å². The minimum absolute atomic E-state index is 0.00677. The molecule has 0 amide bonds. The normalized spacial score (nSPS) is 15.9. The van der Waals surface area contributed by atoms with Crippen LogP contribution in [0, 0.1) is 6.92 Å². The van der Waals surface area contributed by atoms with Crippen molar-refractivity contribution in [2.75, 3.05) is 13.1 Å². The van der Waals surface area contributed by atoms with E-state index in [4.69, 9.17) is 5.73 Å². The Balaban J connectivity index is 2.41. The number of aryl methyl sites for hydroxylation is 1. The number of H-pyrrole nitrogens is 1. The van der Waals surface area contributed by atoms with Gasteiger partial charge in [0.05, 0.1) is 0 Å². The van der Waals surface area contributed by atoms with Crippen LogP contribution >= 0.6 is 0 Å². The first-order valence-corrected chi connectivity index (χ1v) is 6.33. The molecule has 0 bridgehead atoms. The highest BCUT2D eigenvalue weighted by Gasteiger charge is 2.21. The molecule has 1 aromatic rings. The van der Waals surface area contributed by atoms with Crippen LogP contribution in [0.3, 0.4) is 0 Å². The Morgan fingerprint density at radius 1 is 1.41 bits per heavy atom. The lowest BCUT2D eigenvalue weighted by molar-refractivity contribution is 0.253. The van der Waals surface area contributed by atoms with Crippen LogP contribution in [0.4, 0.5) is 0 Å². The minimum Gasteiger partial charge on any atom is -0.326 e. The van der Waals surface area contributed by atoms with Gasteiger partial charge in [0.2, 0.25) is 0 Å². The Morgan fingerprint density at radius 2 is 2.18 bits per heavy atom. The molecule has 0 saturated carbocycles. The van der Waals surface area contributed by atoms with Crippen molar-refractivity contribution in [3.63, 3.8) is 0 Å². The third-order valence-electron chi connectivity index (χ3n) is 3.56. The van der Waals surface area contributed by atoms with E-state index in [1.807, 2.05) is 6.92 Å². The number of fused-ring (bicyclic) bond motifs is 1. The molecule has 17 heavy (non-hydrogen) atoms. The number of nitrogens with zero attached hydrogens (tertiary/aromatic N) is 1. The van der Waals surface area contributed by atoms with Crippen LogP contribution in [0.25, 0.3) is 0 Å². The number of aromatic nitrogens is 1. The van der Waals surface area contributed by atoms with Crippen molar-refractivity contribution in [1.82, 2.24) is 9.88 Å². The molecule has 4 heteroatoms. The summed E-state index contributed by atoms with van der Waals surface area (Å²) in [5.74, 6) is 0. The van der Waals surface area contributed by atoms with Crippen LogP contribution in [0.15, 0.2) is 4.79 Å². The second-order valence-corrected chi connectivity index (χ2v) is 4.75. The van der Waals surface area contributed by atoms with Gasteiger partial charge >= 0.3 is 0 Å². The third-order valence-corrected chi connectivity index (χ3v) is 3.56. The Labute approximate surface area is 102 Å². The van der Waals surface area contributed by atoms with E-state index in [1.54, 1.807) is 0 Å². The minimum atomic E-state index is -0.00677. The Hall–Kier alpha value is -1.13. The number of nitrogens with one attached hydrogen (secondary N) is 1. The van der Waals surface area contributed by atoms with Gasteiger partial charge < -0.3 is 10.7 Å². The fraction of sp³-hybridized carbons (Fsp3) is 0.615. The molecule has 4 nitrogen and oxygen atoms in total. The Bertz CT molecular complexity index is 464. The summed E-state index contributed by atoms with van der Waals surface area (Å²) in [6.45, 7) is 7.62. The van der Waals surface area contributed by atoms with E-state index in [2.05, 4.69) is 16.8 Å². The molecule has 1 aromatic heterocycles. The van der Waals surface area contributed by atoms with E-state index in [0.717, 1.165) is 37.3 Å². The van der Waals surface area contributed by atoms with Crippen molar-refractivity contribution in [2.45, 2.75) is 39.8 Å². The third kappa shape index (κ3) is 2.28. The molecule has 2 rings (SSSR count). The summed E-state index contributed by atoms with van der Waals surface area (Å²) in [6, 6.07) is 0. The molecular formula is C13H21N3O. The molecule has 2 heterocycles. The average molecular weight is 235 g/mol. The lowest BCUT2D eigenvalue weighted by Gasteiger charge is -2.30. The molecular weight excluding hydrogens is 214 g/mol. The molecule has 0 unspecified atom stereocenters. The molecule has 0 saturated heterocycles. The fourth-order valence-electron chi connectivity index (χ4n) is 2.68. The van der Waals surface area contributed by atoms with Crippen LogP contribution in [0.1, 0.15) is 35.7 Å². The van der Waals surface area contributed by atoms with Gasteiger partial charge in [-0.15, -0.1) is 0 Å². The average Bonchev–Trinajstić information content (AvgIpc) is 2.31. The van der Waals surface area contributed by atoms with Gasteiger partial charge in [0.1, 0.15) is 0 Å². The van der Waals surface area contributed by atoms with Gasteiger partial charge in [-0.1, -0.05) is 6.92 Å². The Kier molecular flexibility index (Phi) is 3.64. The smallest absolute Gasteiger partial charge is 0.252 e. The van der Waals surface area contributed by atoms with Crippen molar-refractivity contribution in [1.29, 1.82) is 0 Å². The SMILES string of the molecule is CCCN1CCc2c(c(C)[nH]c(=O)c2CN)C1. The standard InChI is InChI=1S/C13H21N3O/c1-3-5-16-6-4-10-11(7-14)13(17)15-9(2)12(10)8-16/h3-8,14H2,1-2H3,(H,15,17). The highest BCUT2D eigenvalue weighted by molar-refractivity contribution is 5.38. The van der Waals surface area contributed by atoms with Gasteiger partial charge in [-0.25, -0.2) is 0 Å². The summed E-state index contributed by atoms with van der Waals surface area (Å²) in [4.78, 5) is 17.2. The number of hydrogen-bond donors (Lipinski definition) is 2.